The highest BCUT2D eigenvalue weighted by atomic mass is 32.1. The number of aryl methyl sites for hydroxylation is 3. The Morgan fingerprint density at radius 2 is 2.08 bits per heavy atom. The number of esters is 1. The van der Waals surface area contributed by atoms with Crippen molar-refractivity contribution < 1.29 is 14.3 Å². The van der Waals surface area contributed by atoms with Crippen molar-refractivity contribution in [3.8, 4) is 0 Å². The lowest BCUT2D eigenvalue weighted by atomic mass is 10.1. The van der Waals surface area contributed by atoms with Gasteiger partial charge in [0.2, 0.25) is 5.78 Å². The smallest absolute Gasteiger partial charge is 0.348 e. The Morgan fingerprint density at radius 3 is 2.92 bits per heavy atom. The lowest BCUT2D eigenvalue weighted by Gasteiger charge is -2.03. The maximum Gasteiger partial charge on any atom is 0.348 e. The molecule has 0 saturated carbocycles. The highest BCUT2D eigenvalue weighted by Gasteiger charge is 2.21. The number of ketones is 1. The minimum absolute atomic E-state index is 0.178. The Balaban J connectivity index is 1.49. The molecule has 1 aromatic carbocycles. The van der Waals surface area contributed by atoms with E-state index in [0.717, 1.165) is 35.9 Å². The minimum Gasteiger partial charge on any atom is -0.453 e. The van der Waals surface area contributed by atoms with Crippen molar-refractivity contribution in [2.45, 2.75) is 26.2 Å². The molecule has 1 N–H and O–H groups in total. The number of carbonyl (C=O) groups excluding carboxylic acids is 2. The number of thiophene rings is 1. The van der Waals surface area contributed by atoms with Crippen molar-refractivity contribution in [2.75, 3.05) is 6.61 Å². The van der Waals surface area contributed by atoms with Crippen LogP contribution < -0.4 is 0 Å². The first-order valence-electron chi connectivity index (χ1n) is 8.02. The monoisotopic (exact) mass is 339 g/mol. The number of benzene rings is 1. The number of rotatable bonds is 4. The molecule has 0 radical (unpaired) electrons. The van der Waals surface area contributed by atoms with Gasteiger partial charge in [0.25, 0.3) is 0 Å². The van der Waals surface area contributed by atoms with Gasteiger partial charge in [-0.25, -0.2) is 4.79 Å². The SMILES string of the molecule is Cc1[nH]c2ccccc2c1C(=O)COC(=O)c1cc2c(s1)CCC2. The summed E-state index contributed by atoms with van der Waals surface area (Å²) in [6.07, 6.45) is 3.24. The van der Waals surface area contributed by atoms with Gasteiger partial charge >= 0.3 is 5.97 Å². The number of carbonyl (C=O) groups is 2. The summed E-state index contributed by atoms with van der Waals surface area (Å²) in [7, 11) is 0. The Kier molecular flexibility index (Phi) is 3.73. The number of Topliss-reactive ketones (excluding diaryl/α,β-unsaturated/α-hetero) is 1. The quantitative estimate of drug-likeness (QED) is 0.576. The van der Waals surface area contributed by atoms with Crippen LogP contribution in [0.5, 0.6) is 0 Å². The van der Waals surface area contributed by atoms with Crippen molar-refractivity contribution >= 4 is 34.0 Å². The van der Waals surface area contributed by atoms with Crippen molar-refractivity contribution in [3.05, 3.63) is 56.9 Å². The molecule has 1 aliphatic rings. The number of para-hydroxylation sites is 1. The molecule has 2 aromatic heterocycles. The van der Waals surface area contributed by atoms with Crippen LogP contribution in [0.25, 0.3) is 10.9 Å². The van der Waals surface area contributed by atoms with Crippen LogP contribution in [-0.2, 0) is 17.6 Å². The number of aromatic nitrogens is 1. The third kappa shape index (κ3) is 2.55. The molecule has 4 nitrogen and oxygen atoms in total. The van der Waals surface area contributed by atoms with Gasteiger partial charge in [-0.1, -0.05) is 18.2 Å². The second kappa shape index (κ2) is 5.91. The molecule has 0 unspecified atom stereocenters. The van der Waals surface area contributed by atoms with Crippen molar-refractivity contribution in [3.63, 3.8) is 0 Å². The fraction of sp³-hybridized carbons (Fsp3) is 0.263. The molecule has 1 aliphatic carbocycles. The summed E-state index contributed by atoms with van der Waals surface area (Å²) >= 11 is 1.49. The maximum absolute atomic E-state index is 12.5. The standard InChI is InChI=1S/C19H17NO3S/c1-11-18(13-6-2-3-7-14(13)20-11)15(21)10-23-19(22)17-9-12-5-4-8-16(12)24-17/h2-3,6-7,9,20H,4-5,8,10H2,1H3. The van der Waals surface area contributed by atoms with E-state index in [2.05, 4.69) is 4.98 Å². The van der Waals surface area contributed by atoms with Crippen LogP contribution in [-0.4, -0.2) is 23.3 Å². The van der Waals surface area contributed by atoms with Crippen molar-refractivity contribution in [1.82, 2.24) is 4.98 Å². The predicted molar refractivity (Wildman–Crippen MR) is 94.0 cm³/mol. The molecule has 0 amide bonds. The number of ether oxygens (including phenoxy) is 1. The summed E-state index contributed by atoms with van der Waals surface area (Å²) < 4.78 is 5.26. The second-order valence-corrected chi connectivity index (χ2v) is 7.22. The van der Waals surface area contributed by atoms with Gasteiger partial charge in [0, 0.05) is 27.0 Å². The van der Waals surface area contributed by atoms with E-state index in [4.69, 9.17) is 4.74 Å². The first kappa shape index (κ1) is 15.1. The van der Waals surface area contributed by atoms with Gasteiger partial charge in [-0.2, -0.15) is 0 Å². The van der Waals surface area contributed by atoms with E-state index in [-0.39, 0.29) is 12.4 Å². The third-order valence-electron chi connectivity index (χ3n) is 4.45. The number of aromatic amines is 1. The summed E-state index contributed by atoms with van der Waals surface area (Å²) in [5.41, 5.74) is 3.57. The van der Waals surface area contributed by atoms with E-state index in [9.17, 15) is 9.59 Å². The van der Waals surface area contributed by atoms with Crippen LogP contribution >= 0.6 is 11.3 Å². The van der Waals surface area contributed by atoms with Gasteiger partial charge in [0.15, 0.2) is 6.61 Å². The normalized spacial score (nSPS) is 13.2. The molecule has 4 rings (SSSR count). The number of fused-ring (bicyclic) bond motifs is 2. The summed E-state index contributed by atoms with van der Waals surface area (Å²) in [5, 5.41) is 0.867. The van der Waals surface area contributed by atoms with E-state index in [1.165, 1.54) is 21.8 Å². The fourth-order valence-electron chi connectivity index (χ4n) is 3.34. The minimum atomic E-state index is -0.403. The molecule has 122 valence electrons. The maximum atomic E-state index is 12.5. The van der Waals surface area contributed by atoms with E-state index < -0.39 is 5.97 Å². The van der Waals surface area contributed by atoms with Crippen LogP contribution in [0.3, 0.4) is 0 Å². The molecule has 0 aliphatic heterocycles. The average Bonchev–Trinajstić information content (AvgIpc) is 3.23. The molecule has 0 atom stereocenters. The van der Waals surface area contributed by atoms with Gasteiger partial charge < -0.3 is 9.72 Å². The zero-order valence-electron chi connectivity index (χ0n) is 13.3. The fourth-order valence-corrected chi connectivity index (χ4v) is 4.49. The largest absolute Gasteiger partial charge is 0.453 e. The van der Waals surface area contributed by atoms with E-state index in [1.54, 1.807) is 0 Å². The zero-order chi connectivity index (χ0) is 16.7. The highest BCUT2D eigenvalue weighted by Crippen LogP contribution is 2.31. The molecule has 2 heterocycles. The molecule has 3 aromatic rings. The van der Waals surface area contributed by atoms with Gasteiger partial charge in [-0.15, -0.1) is 11.3 Å². The molecule has 0 saturated heterocycles. The number of H-pyrrole nitrogens is 1. The Morgan fingerprint density at radius 1 is 1.25 bits per heavy atom. The predicted octanol–water partition coefficient (Wildman–Crippen LogP) is 4.07. The molecule has 5 heteroatoms. The van der Waals surface area contributed by atoms with Gasteiger partial charge in [-0.05, 0) is 43.9 Å². The Labute approximate surface area is 143 Å². The van der Waals surface area contributed by atoms with Crippen LogP contribution in [0, 0.1) is 6.92 Å². The molecular formula is C19H17NO3S. The lowest BCUT2D eigenvalue weighted by molar-refractivity contribution is 0.0479. The summed E-state index contributed by atoms with van der Waals surface area (Å²) in [6, 6.07) is 9.56. The summed E-state index contributed by atoms with van der Waals surface area (Å²) in [4.78, 5) is 29.8. The first-order valence-corrected chi connectivity index (χ1v) is 8.84. The van der Waals surface area contributed by atoms with E-state index in [0.29, 0.717) is 10.4 Å². The van der Waals surface area contributed by atoms with Crippen LogP contribution in [0.4, 0.5) is 0 Å². The highest BCUT2D eigenvalue weighted by molar-refractivity contribution is 7.14. The Hall–Kier alpha value is -2.40. The molecule has 0 bridgehead atoms. The number of hydrogen-bond donors (Lipinski definition) is 1. The van der Waals surface area contributed by atoms with Crippen LogP contribution in [0.2, 0.25) is 0 Å². The van der Waals surface area contributed by atoms with E-state index in [1.807, 2.05) is 37.3 Å². The van der Waals surface area contributed by atoms with Crippen molar-refractivity contribution in [1.29, 1.82) is 0 Å². The number of hydrogen-bond acceptors (Lipinski definition) is 4. The molecule has 0 spiro atoms. The summed E-state index contributed by atoms with van der Waals surface area (Å²) in [6.45, 7) is 1.63. The molecular weight excluding hydrogens is 322 g/mol. The number of nitrogens with one attached hydrogen (secondary N) is 1. The summed E-state index contributed by atoms with van der Waals surface area (Å²) in [5.74, 6) is -0.581. The molecule has 0 fully saturated rings. The van der Waals surface area contributed by atoms with Crippen LogP contribution in [0.15, 0.2) is 30.3 Å². The van der Waals surface area contributed by atoms with Crippen molar-refractivity contribution in [2.24, 2.45) is 0 Å². The topological polar surface area (TPSA) is 59.2 Å². The third-order valence-corrected chi connectivity index (χ3v) is 5.67. The zero-order valence-corrected chi connectivity index (χ0v) is 14.2. The van der Waals surface area contributed by atoms with Gasteiger partial charge in [0.1, 0.15) is 4.88 Å². The van der Waals surface area contributed by atoms with Gasteiger partial charge in [-0.3, -0.25) is 4.79 Å². The van der Waals surface area contributed by atoms with E-state index >= 15 is 0 Å². The first-order chi connectivity index (χ1) is 11.6. The molecule has 24 heavy (non-hydrogen) atoms. The lowest BCUT2D eigenvalue weighted by Crippen LogP contribution is -2.14. The average molecular weight is 339 g/mol. The second-order valence-electron chi connectivity index (χ2n) is 6.08. The van der Waals surface area contributed by atoms with Gasteiger partial charge in [0.05, 0.1) is 0 Å². The van der Waals surface area contributed by atoms with Crippen LogP contribution in [0.1, 0.15) is 42.6 Å². The Bertz CT molecular complexity index is 929.